The molecule has 144 valence electrons. The van der Waals surface area contributed by atoms with Crippen molar-refractivity contribution in [2.75, 3.05) is 12.5 Å². The Morgan fingerprint density at radius 1 is 1.18 bits per heavy atom. The van der Waals surface area contributed by atoms with Crippen molar-refractivity contribution in [2.24, 2.45) is 5.10 Å². The quantitative estimate of drug-likeness (QED) is 0.184. The second-order valence-corrected chi connectivity index (χ2v) is 6.41. The summed E-state index contributed by atoms with van der Waals surface area (Å²) in [6.45, 7) is 0. The Balaban J connectivity index is 1.72. The van der Waals surface area contributed by atoms with Gasteiger partial charge in [-0.25, -0.2) is 9.78 Å². The number of aromatic nitrogens is 1. The summed E-state index contributed by atoms with van der Waals surface area (Å²) < 4.78 is 15.5. The number of carbonyl (C=O) groups is 1. The zero-order chi connectivity index (χ0) is 20.1. The van der Waals surface area contributed by atoms with Crippen LogP contribution >= 0.6 is 34.8 Å². The Morgan fingerprint density at radius 2 is 2.00 bits per heavy atom. The Kier molecular flexibility index (Phi) is 6.41. The van der Waals surface area contributed by atoms with Gasteiger partial charge in [-0.1, -0.05) is 34.8 Å². The van der Waals surface area contributed by atoms with Gasteiger partial charge in [-0.05, 0) is 42.0 Å². The van der Waals surface area contributed by atoms with Crippen LogP contribution in [-0.2, 0) is 0 Å². The first kappa shape index (κ1) is 20.0. The van der Waals surface area contributed by atoms with Gasteiger partial charge >= 0.3 is 5.97 Å². The molecule has 0 fully saturated rings. The molecule has 0 aliphatic carbocycles. The van der Waals surface area contributed by atoms with E-state index in [-0.39, 0.29) is 32.5 Å². The van der Waals surface area contributed by atoms with Crippen LogP contribution in [0.25, 0.3) is 0 Å². The van der Waals surface area contributed by atoms with Crippen molar-refractivity contribution in [1.82, 2.24) is 4.98 Å². The molecule has 28 heavy (non-hydrogen) atoms. The van der Waals surface area contributed by atoms with Crippen molar-refractivity contribution in [3.63, 3.8) is 0 Å². The molecule has 0 saturated heterocycles. The summed E-state index contributed by atoms with van der Waals surface area (Å²) in [7, 11) is 1.46. The van der Waals surface area contributed by atoms with Crippen LogP contribution in [0, 0.1) is 0 Å². The highest BCUT2D eigenvalue weighted by Gasteiger charge is 2.15. The van der Waals surface area contributed by atoms with E-state index in [2.05, 4.69) is 15.5 Å². The molecule has 0 aliphatic rings. The highest BCUT2D eigenvalue weighted by atomic mass is 35.5. The fourth-order valence-corrected chi connectivity index (χ4v) is 2.62. The Hall–Kier alpha value is -2.74. The molecule has 0 unspecified atom stereocenters. The van der Waals surface area contributed by atoms with Gasteiger partial charge in [0.15, 0.2) is 17.3 Å². The van der Waals surface area contributed by atoms with E-state index >= 15 is 0 Å². The number of ether oxygens (including phenoxy) is 2. The van der Waals surface area contributed by atoms with Gasteiger partial charge in [-0.15, -0.1) is 0 Å². The van der Waals surface area contributed by atoms with E-state index in [9.17, 15) is 4.79 Å². The average molecular weight is 441 g/mol. The molecule has 0 atom stereocenters. The number of hydrazone groups is 1. The smallest absolute Gasteiger partial charge is 0.379 e. The van der Waals surface area contributed by atoms with Crippen molar-refractivity contribution in [3.8, 4) is 11.5 Å². The van der Waals surface area contributed by atoms with E-state index in [1.165, 1.54) is 31.7 Å². The van der Waals surface area contributed by atoms with Crippen LogP contribution in [0.2, 0.25) is 15.2 Å². The highest BCUT2D eigenvalue weighted by molar-refractivity contribution is 6.42. The van der Waals surface area contributed by atoms with Crippen molar-refractivity contribution in [2.45, 2.75) is 0 Å². The van der Waals surface area contributed by atoms with Gasteiger partial charge in [0.25, 0.3) is 0 Å². The maximum Gasteiger partial charge on any atom is 0.379 e. The summed E-state index contributed by atoms with van der Waals surface area (Å²) in [4.78, 5) is 16.0. The maximum atomic E-state index is 12.0. The highest BCUT2D eigenvalue weighted by Crippen LogP contribution is 2.30. The zero-order valence-corrected chi connectivity index (χ0v) is 16.5. The van der Waals surface area contributed by atoms with Gasteiger partial charge in [0, 0.05) is 0 Å². The van der Waals surface area contributed by atoms with Gasteiger partial charge in [-0.2, -0.15) is 5.10 Å². The van der Waals surface area contributed by atoms with E-state index in [0.29, 0.717) is 11.3 Å². The van der Waals surface area contributed by atoms with Crippen LogP contribution < -0.4 is 14.9 Å². The number of carbonyl (C=O) groups excluding carboxylic acids is 1. The Bertz CT molecular complexity index is 1020. The van der Waals surface area contributed by atoms with Crippen molar-refractivity contribution < 1.29 is 18.7 Å². The van der Waals surface area contributed by atoms with Crippen LogP contribution in [0.1, 0.15) is 16.1 Å². The lowest BCUT2D eigenvalue weighted by atomic mass is 10.2. The predicted molar refractivity (Wildman–Crippen MR) is 107 cm³/mol. The second kappa shape index (κ2) is 8.97. The molecular formula is C18H12Cl3N3O4. The Morgan fingerprint density at radius 3 is 2.71 bits per heavy atom. The largest absolute Gasteiger partial charge is 0.493 e. The predicted octanol–water partition coefficient (Wildman–Crippen LogP) is 5.31. The first-order valence-electron chi connectivity index (χ1n) is 7.72. The zero-order valence-electron chi connectivity index (χ0n) is 14.3. The summed E-state index contributed by atoms with van der Waals surface area (Å²) >= 11 is 17.7. The minimum Gasteiger partial charge on any atom is -0.493 e. The molecule has 3 rings (SSSR count). The number of benzene rings is 1. The van der Waals surface area contributed by atoms with E-state index in [4.69, 9.17) is 48.7 Å². The molecule has 10 heteroatoms. The van der Waals surface area contributed by atoms with Crippen LogP contribution in [0.15, 0.2) is 52.2 Å². The first-order valence-corrected chi connectivity index (χ1v) is 8.85. The third-order valence-electron chi connectivity index (χ3n) is 3.38. The van der Waals surface area contributed by atoms with Crippen molar-refractivity contribution in [1.29, 1.82) is 0 Å². The summed E-state index contributed by atoms with van der Waals surface area (Å²) in [5.41, 5.74) is 3.34. The second-order valence-electron chi connectivity index (χ2n) is 5.24. The molecule has 0 aliphatic heterocycles. The number of methoxy groups -OCH3 is 1. The third-order valence-corrected chi connectivity index (χ3v) is 4.34. The number of halogens is 3. The number of pyridine rings is 1. The standard InChI is InChI=1S/C18H12Cl3N3O4/c1-26-15-7-10(4-5-13(15)28-18(25)14-3-2-6-27-14)9-22-24-17-12(20)8-11(19)16(21)23-17/h2-9H,1H3,(H,23,24)/b22-9+. The lowest BCUT2D eigenvalue weighted by Gasteiger charge is -2.09. The summed E-state index contributed by atoms with van der Waals surface area (Å²) in [5.74, 6) is 0.288. The number of hydrogen-bond acceptors (Lipinski definition) is 7. The fourth-order valence-electron chi connectivity index (χ4n) is 2.08. The normalized spacial score (nSPS) is 10.9. The molecule has 0 bridgehead atoms. The molecule has 2 heterocycles. The van der Waals surface area contributed by atoms with Crippen LogP contribution in [0.3, 0.4) is 0 Å². The SMILES string of the molecule is COc1cc(/C=N/Nc2nc(Cl)c(Cl)cc2Cl)ccc1OC(=O)c1ccco1. The van der Waals surface area contributed by atoms with Gasteiger partial charge in [0.1, 0.15) is 5.15 Å². The fraction of sp³-hybridized carbons (Fsp3) is 0.0556. The number of rotatable bonds is 6. The van der Waals surface area contributed by atoms with E-state index in [1.54, 1.807) is 24.3 Å². The summed E-state index contributed by atoms with van der Waals surface area (Å²) in [6.07, 6.45) is 2.89. The molecule has 3 aromatic rings. The number of esters is 1. The van der Waals surface area contributed by atoms with Gasteiger partial charge in [0.05, 0.1) is 29.6 Å². The van der Waals surface area contributed by atoms with Crippen LogP contribution in [0.5, 0.6) is 11.5 Å². The molecule has 0 saturated carbocycles. The Labute approximate surface area is 174 Å². The number of furan rings is 1. The number of nitrogens with zero attached hydrogens (tertiary/aromatic N) is 2. The van der Waals surface area contributed by atoms with Crippen LogP contribution in [0.4, 0.5) is 5.82 Å². The van der Waals surface area contributed by atoms with Gasteiger partial charge in [-0.3, -0.25) is 5.43 Å². The van der Waals surface area contributed by atoms with Crippen LogP contribution in [-0.4, -0.2) is 24.3 Å². The molecule has 0 radical (unpaired) electrons. The van der Waals surface area contributed by atoms with Gasteiger partial charge < -0.3 is 13.9 Å². The molecule has 0 spiro atoms. The van der Waals surface area contributed by atoms with E-state index in [0.717, 1.165) is 0 Å². The van der Waals surface area contributed by atoms with Crippen molar-refractivity contribution in [3.05, 3.63) is 69.2 Å². The van der Waals surface area contributed by atoms with E-state index < -0.39 is 5.97 Å². The average Bonchev–Trinajstić information content (AvgIpc) is 3.21. The molecule has 2 aromatic heterocycles. The molecule has 1 aromatic carbocycles. The third kappa shape index (κ3) is 4.75. The molecular weight excluding hydrogens is 429 g/mol. The summed E-state index contributed by atoms with van der Waals surface area (Å²) in [6, 6.07) is 9.45. The topological polar surface area (TPSA) is 86.0 Å². The molecule has 1 N–H and O–H groups in total. The van der Waals surface area contributed by atoms with Gasteiger partial charge in [0.2, 0.25) is 5.76 Å². The number of nitrogens with one attached hydrogen (secondary N) is 1. The minimum atomic E-state index is -0.633. The first-order chi connectivity index (χ1) is 13.5. The number of hydrogen-bond donors (Lipinski definition) is 1. The van der Waals surface area contributed by atoms with Crippen molar-refractivity contribution >= 4 is 52.8 Å². The molecule has 0 amide bonds. The number of anilines is 1. The summed E-state index contributed by atoms with van der Waals surface area (Å²) in [5, 5.41) is 4.66. The van der Waals surface area contributed by atoms with E-state index in [1.807, 2.05) is 0 Å². The minimum absolute atomic E-state index is 0.0860. The molecule has 7 nitrogen and oxygen atoms in total. The lowest BCUT2D eigenvalue weighted by Crippen LogP contribution is -2.08. The monoisotopic (exact) mass is 439 g/mol. The lowest BCUT2D eigenvalue weighted by molar-refractivity contribution is 0.0696. The maximum absolute atomic E-state index is 12.0.